The maximum Gasteiger partial charge on any atom is 0.263 e. The molecule has 9 nitrogen and oxygen atoms in total. The number of methoxy groups -OCH3 is 1. The fourth-order valence-electron chi connectivity index (χ4n) is 2.34. The summed E-state index contributed by atoms with van der Waals surface area (Å²) in [6.07, 6.45) is 1.17. The lowest BCUT2D eigenvalue weighted by Crippen LogP contribution is -2.15. The Morgan fingerprint density at radius 2 is 1.34 bits per heavy atom. The van der Waals surface area contributed by atoms with E-state index in [1.165, 1.54) is 55.9 Å². The fraction of sp³-hybridized carbons (Fsp3) is 0.111. The average molecular weight is 434 g/mol. The summed E-state index contributed by atoms with van der Waals surface area (Å²) >= 11 is 0. The molecule has 0 aliphatic carbocycles. The number of hydrogen-bond donors (Lipinski definition) is 2. The Bertz CT molecular complexity index is 1210. The van der Waals surface area contributed by atoms with Gasteiger partial charge in [-0.1, -0.05) is 17.7 Å². The van der Waals surface area contributed by atoms with E-state index in [9.17, 15) is 16.8 Å². The molecule has 1 heterocycles. The average Bonchev–Trinajstić information content (AvgIpc) is 2.68. The first kappa shape index (κ1) is 20.6. The van der Waals surface area contributed by atoms with Crippen LogP contribution in [0.1, 0.15) is 5.56 Å². The van der Waals surface area contributed by atoms with Crippen LogP contribution in [0.3, 0.4) is 0 Å². The topological polar surface area (TPSA) is 127 Å². The summed E-state index contributed by atoms with van der Waals surface area (Å²) in [4.78, 5) is 7.68. The molecule has 0 amide bonds. The molecule has 0 aliphatic heterocycles. The molecule has 1 aromatic heterocycles. The number of nitrogens with one attached hydrogen (secondary N) is 2. The molecule has 0 fully saturated rings. The molecule has 2 aromatic carbocycles. The van der Waals surface area contributed by atoms with E-state index in [2.05, 4.69) is 19.4 Å². The third-order valence-electron chi connectivity index (χ3n) is 3.84. The zero-order chi connectivity index (χ0) is 21.1. The second kappa shape index (κ2) is 8.05. The second-order valence-electron chi connectivity index (χ2n) is 5.99. The Kier molecular flexibility index (Phi) is 5.71. The molecular weight excluding hydrogens is 416 g/mol. The van der Waals surface area contributed by atoms with Crippen LogP contribution in [0, 0.1) is 6.92 Å². The number of aryl methyl sites for hydroxylation is 1. The van der Waals surface area contributed by atoms with Crippen LogP contribution in [-0.4, -0.2) is 33.9 Å². The van der Waals surface area contributed by atoms with Crippen molar-refractivity contribution in [2.45, 2.75) is 16.7 Å². The van der Waals surface area contributed by atoms with Gasteiger partial charge in [-0.2, -0.15) is 0 Å². The third kappa shape index (κ3) is 5.00. The summed E-state index contributed by atoms with van der Waals surface area (Å²) in [5.41, 5.74) is 1.17. The van der Waals surface area contributed by atoms with Crippen molar-refractivity contribution in [2.75, 3.05) is 16.6 Å². The standard InChI is InChI=1S/C18H18N4O5S2/c1-13-3-7-15(8-4-13)28(23,24)21-14-5-9-16(10-6-14)29(25,26)22-17-11-18(27-2)20-12-19-17/h3-12,21H,1-2H3,(H,19,20,22). The van der Waals surface area contributed by atoms with E-state index in [0.29, 0.717) is 0 Å². The van der Waals surface area contributed by atoms with Gasteiger partial charge in [-0.05, 0) is 43.3 Å². The van der Waals surface area contributed by atoms with Crippen molar-refractivity contribution in [1.29, 1.82) is 0 Å². The van der Waals surface area contributed by atoms with Crippen LogP contribution in [0.5, 0.6) is 5.88 Å². The molecule has 152 valence electrons. The van der Waals surface area contributed by atoms with Gasteiger partial charge in [0.05, 0.1) is 16.9 Å². The van der Waals surface area contributed by atoms with Gasteiger partial charge in [0.1, 0.15) is 12.1 Å². The third-order valence-corrected chi connectivity index (χ3v) is 6.61. The van der Waals surface area contributed by atoms with Gasteiger partial charge in [0, 0.05) is 11.8 Å². The van der Waals surface area contributed by atoms with Crippen molar-refractivity contribution in [3.05, 3.63) is 66.5 Å². The molecule has 0 saturated carbocycles. The van der Waals surface area contributed by atoms with Crippen molar-refractivity contribution < 1.29 is 21.6 Å². The van der Waals surface area contributed by atoms with Crippen molar-refractivity contribution in [3.8, 4) is 5.88 Å². The Morgan fingerprint density at radius 1 is 0.793 bits per heavy atom. The molecule has 0 radical (unpaired) electrons. The number of benzene rings is 2. The van der Waals surface area contributed by atoms with E-state index in [0.717, 1.165) is 5.56 Å². The quantitative estimate of drug-likeness (QED) is 0.584. The normalized spacial score (nSPS) is 11.7. The monoisotopic (exact) mass is 434 g/mol. The van der Waals surface area contributed by atoms with E-state index >= 15 is 0 Å². The minimum atomic E-state index is -3.93. The van der Waals surface area contributed by atoms with Crippen molar-refractivity contribution >= 4 is 31.6 Å². The van der Waals surface area contributed by atoms with E-state index in [1.54, 1.807) is 12.1 Å². The molecule has 29 heavy (non-hydrogen) atoms. The maximum absolute atomic E-state index is 12.5. The molecule has 3 rings (SSSR count). The summed E-state index contributed by atoms with van der Waals surface area (Å²) in [5.74, 6) is 0.250. The minimum absolute atomic E-state index is 0.0426. The molecule has 11 heteroatoms. The SMILES string of the molecule is COc1cc(NS(=O)(=O)c2ccc(NS(=O)(=O)c3ccc(C)cc3)cc2)ncn1. The molecule has 0 spiro atoms. The lowest BCUT2D eigenvalue weighted by atomic mass is 10.2. The smallest absolute Gasteiger partial charge is 0.263 e. The van der Waals surface area contributed by atoms with Crippen LogP contribution in [0.25, 0.3) is 0 Å². The van der Waals surface area contributed by atoms with Crippen LogP contribution in [0.4, 0.5) is 11.5 Å². The summed E-state index contributed by atoms with van der Waals surface area (Å²) in [6, 6.07) is 13.0. The Hall–Kier alpha value is -3.18. The van der Waals surface area contributed by atoms with E-state index in [-0.39, 0.29) is 27.2 Å². The number of anilines is 2. The number of rotatable bonds is 7. The summed E-state index contributed by atoms with van der Waals surface area (Å²) in [5, 5.41) is 0. The van der Waals surface area contributed by atoms with Crippen molar-refractivity contribution in [2.24, 2.45) is 0 Å². The van der Waals surface area contributed by atoms with Crippen LogP contribution < -0.4 is 14.2 Å². The molecule has 2 N–H and O–H groups in total. The fourth-order valence-corrected chi connectivity index (χ4v) is 4.39. The van der Waals surface area contributed by atoms with Gasteiger partial charge < -0.3 is 4.74 Å². The van der Waals surface area contributed by atoms with Crippen LogP contribution in [-0.2, 0) is 20.0 Å². The molecule has 0 unspecified atom stereocenters. The number of hydrogen-bond acceptors (Lipinski definition) is 7. The second-order valence-corrected chi connectivity index (χ2v) is 9.36. The summed E-state index contributed by atoms with van der Waals surface area (Å²) < 4.78 is 59.5. The highest BCUT2D eigenvalue weighted by Crippen LogP contribution is 2.21. The summed E-state index contributed by atoms with van der Waals surface area (Å²) in [7, 11) is -6.31. The lowest BCUT2D eigenvalue weighted by Gasteiger charge is -2.10. The van der Waals surface area contributed by atoms with Crippen molar-refractivity contribution in [1.82, 2.24) is 9.97 Å². The largest absolute Gasteiger partial charge is 0.481 e. The predicted octanol–water partition coefficient (Wildman–Crippen LogP) is 2.40. The van der Waals surface area contributed by atoms with Gasteiger partial charge in [-0.15, -0.1) is 0 Å². The zero-order valence-corrected chi connectivity index (χ0v) is 17.2. The van der Waals surface area contributed by atoms with Crippen LogP contribution in [0.15, 0.2) is 70.7 Å². The number of aromatic nitrogens is 2. The number of ether oxygens (including phenoxy) is 1. The maximum atomic E-state index is 12.5. The minimum Gasteiger partial charge on any atom is -0.481 e. The highest BCUT2D eigenvalue weighted by atomic mass is 32.2. The molecule has 0 aliphatic rings. The Balaban J connectivity index is 1.77. The molecule has 0 saturated heterocycles. The highest BCUT2D eigenvalue weighted by molar-refractivity contribution is 7.93. The van der Waals surface area contributed by atoms with E-state index < -0.39 is 20.0 Å². The zero-order valence-electron chi connectivity index (χ0n) is 15.5. The van der Waals surface area contributed by atoms with Crippen LogP contribution >= 0.6 is 0 Å². The van der Waals surface area contributed by atoms with Gasteiger partial charge in [0.2, 0.25) is 5.88 Å². The molecule has 0 bridgehead atoms. The van der Waals surface area contributed by atoms with Gasteiger partial charge in [-0.3, -0.25) is 9.44 Å². The van der Waals surface area contributed by atoms with Gasteiger partial charge in [0.15, 0.2) is 0 Å². The van der Waals surface area contributed by atoms with Gasteiger partial charge in [0.25, 0.3) is 20.0 Å². The van der Waals surface area contributed by atoms with Crippen LogP contribution in [0.2, 0.25) is 0 Å². The molecule has 3 aromatic rings. The first-order chi connectivity index (χ1) is 13.7. The van der Waals surface area contributed by atoms with E-state index in [1.807, 2.05) is 6.92 Å². The molecular formula is C18H18N4O5S2. The summed E-state index contributed by atoms with van der Waals surface area (Å²) in [6.45, 7) is 1.86. The lowest BCUT2D eigenvalue weighted by molar-refractivity contribution is 0.397. The van der Waals surface area contributed by atoms with Gasteiger partial charge >= 0.3 is 0 Å². The molecule has 0 atom stereocenters. The first-order valence-electron chi connectivity index (χ1n) is 8.28. The first-order valence-corrected chi connectivity index (χ1v) is 11.2. The van der Waals surface area contributed by atoms with Gasteiger partial charge in [-0.25, -0.2) is 26.8 Å². The Labute approximate surface area is 168 Å². The Morgan fingerprint density at radius 3 is 1.93 bits per heavy atom. The van der Waals surface area contributed by atoms with Crippen molar-refractivity contribution in [3.63, 3.8) is 0 Å². The predicted molar refractivity (Wildman–Crippen MR) is 108 cm³/mol. The number of nitrogens with zero attached hydrogens (tertiary/aromatic N) is 2. The van der Waals surface area contributed by atoms with E-state index in [4.69, 9.17) is 4.74 Å². The number of sulfonamides is 2. The highest BCUT2D eigenvalue weighted by Gasteiger charge is 2.17.